The van der Waals surface area contributed by atoms with E-state index in [4.69, 9.17) is 11.6 Å². The third-order valence-electron chi connectivity index (χ3n) is 4.40. The number of carbonyl (C=O) groups is 1. The van der Waals surface area contributed by atoms with Crippen molar-refractivity contribution in [2.45, 2.75) is 19.3 Å². The highest BCUT2D eigenvalue weighted by Gasteiger charge is 2.25. The molecule has 1 heterocycles. The van der Waals surface area contributed by atoms with E-state index in [0.717, 1.165) is 36.2 Å². The van der Waals surface area contributed by atoms with Crippen LogP contribution in [0.25, 0.3) is 10.9 Å². The Balaban J connectivity index is 1.88. The number of amides is 1. The van der Waals surface area contributed by atoms with Crippen molar-refractivity contribution in [2.24, 2.45) is 0 Å². The van der Waals surface area contributed by atoms with E-state index in [1.807, 2.05) is 0 Å². The maximum Gasteiger partial charge on any atom is 0.256 e. The first-order valence-electron chi connectivity index (χ1n) is 7.91. The molecule has 1 aliphatic rings. The lowest BCUT2D eigenvalue weighted by Gasteiger charge is -2.14. The maximum absolute atomic E-state index is 13.9. The van der Waals surface area contributed by atoms with Crippen LogP contribution in [0.2, 0.25) is 5.02 Å². The second-order valence-electron chi connectivity index (χ2n) is 5.98. The molecule has 3 nitrogen and oxygen atoms in total. The molecular weight excluding hydrogens is 346 g/mol. The summed E-state index contributed by atoms with van der Waals surface area (Å²) in [5, 5.41) is 3.43. The van der Waals surface area contributed by atoms with Gasteiger partial charge in [0.2, 0.25) is 0 Å². The Morgan fingerprint density at radius 2 is 1.88 bits per heavy atom. The summed E-state index contributed by atoms with van der Waals surface area (Å²) in [6.45, 7) is 0. The quantitative estimate of drug-likeness (QED) is 0.707. The summed E-state index contributed by atoms with van der Waals surface area (Å²) >= 11 is 6.08. The Morgan fingerprint density at radius 1 is 1.12 bits per heavy atom. The molecular formula is C19H13ClF2N2O. The van der Waals surface area contributed by atoms with Crippen LogP contribution in [0.5, 0.6) is 0 Å². The molecule has 2 aromatic carbocycles. The molecule has 126 valence electrons. The zero-order chi connectivity index (χ0) is 17.6. The highest BCUT2D eigenvalue weighted by Crippen LogP contribution is 2.32. The first kappa shape index (κ1) is 16.0. The third kappa shape index (κ3) is 2.74. The number of pyridine rings is 1. The van der Waals surface area contributed by atoms with E-state index in [2.05, 4.69) is 10.3 Å². The Morgan fingerprint density at radius 3 is 2.64 bits per heavy atom. The molecule has 0 atom stereocenters. The van der Waals surface area contributed by atoms with Crippen LogP contribution >= 0.6 is 11.6 Å². The SMILES string of the molecule is O=C(Nc1c(F)cccc1F)c1c2c(nc3ccc(Cl)cc13)CCC2. The van der Waals surface area contributed by atoms with Crippen molar-refractivity contribution < 1.29 is 13.6 Å². The minimum atomic E-state index is -0.818. The fourth-order valence-electron chi connectivity index (χ4n) is 3.29. The highest BCUT2D eigenvalue weighted by atomic mass is 35.5. The van der Waals surface area contributed by atoms with Crippen molar-refractivity contribution >= 4 is 34.1 Å². The number of nitrogens with one attached hydrogen (secondary N) is 1. The highest BCUT2D eigenvalue weighted by molar-refractivity contribution is 6.31. The van der Waals surface area contributed by atoms with Crippen LogP contribution in [0.3, 0.4) is 0 Å². The fourth-order valence-corrected chi connectivity index (χ4v) is 3.46. The molecule has 0 aliphatic heterocycles. The molecule has 1 aliphatic carbocycles. The molecule has 6 heteroatoms. The monoisotopic (exact) mass is 358 g/mol. The van der Waals surface area contributed by atoms with Crippen molar-refractivity contribution in [3.05, 3.63) is 69.9 Å². The third-order valence-corrected chi connectivity index (χ3v) is 4.64. The summed E-state index contributed by atoms with van der Waals surface area (Å²) in [5.74, 6) is -2.19. The van der Waals surface area contributed by atoms with Crippen LogP contribution in [0.15, 0.2) is 36.4 Å². The van der Waals surface area contributed by atoms with E-state index < -0.39 is 23.2 Å². The second kappa shape index (κ2) is 6.08. The van der Waals surface area contributed by atoms with Crippen LogP contribution in [-0.4, -0.2) is 10.9 Å². The predicted octanol–water partition coefficient (Wildman–Crippen LogP) is 4.91. The summed E-state index contributed by atoms with van der Waals surface area (Å²) in [6.07, 6.45) is 2.37. The van der Waals surface area contributed by atoms with Crippen LogP contribution in [0.4, 0.5) is 14.5 Å². The van der Waals surface area contributed by atoms with Crippen LogP contribution in [0.1, 0.15) is 28.0 Å². The van der Waals surface area contributed by atoms with Gasteiger partial charge in [-0.1, -0.05) is 17.7 Å². The topological polar surface area (TPSA) is 42.0 Å². The second-order valence-corrected chi connectivity index (χ2v) is 6.41. The molecule has 1 aromatic heterocycles. The van der Waals surface area contributed by atoms with Gasteiger partial charge in [-0.25, -0.2) is 8.78 Å². The molecule has 1 amide bonds. The number of rotatable bonds is 2. The summed E-state index contributed by atoms with van der Waals surface area (Å²) in [7, 11) is 0. The average molecular weight is 359 g/mol. The maximum atomic E-state index is 13.9. The number of para-hydroxylation sites is 1. The van der Waals surface area contributed by atoms with Crippen LogP contribution < -0.4 is 5.32 Å². The number of hydrogen-bond acceptors (Lipinski definition) is 2. The average Bonchev–Trinajstić information content (AvgIpc) is 3.04. The first-order valence-corrected chi connectivity index (χ1v) is 8.29. The molecule has 0 radical (unpaired) electrons. The Labute approximate surface area is 147 Å². The van der Waals surface area contributed by atoms with E-state index in [1.165, 1.54) is 6.07 Å². The number of anilines is 1. The van der Waals surface area contributed by atoms with Gasteiger partial charge in [-0.15, -0.1) is 0 Å². The minimum Gasteiger partial charge on any atom is -0.317 e. The summed E-state index contributed by atoms with van der Waals surface area (Å²) in [5.41, 5.74) is 2.26. The summed E-state index contributed by atoms with van der Waals surface area (Å²) in [6, 6.07) is 8.57. The lowest BCUT2D eigenvalue weighted by molar-refractivity contribution is 0.102. The molecule has 0 fully saturated rings. The molecule has 3 aromatic rings. The van der Waals surface area contributed by atoms with Crippen LogP contribution in [0, 0.1) is 11.6 Å². The standard InChI is InChI=1S/C19H13ClF2N2O/c20-10-7-8-16-12(9-10)17(11-3-1-6-15(11)23-16)19(25)24-18-13(21)4-2-5-14(18)22/h2,4-5,7-9H,1,3,6H2,(H,24,25). The Hall–Kier alpha value is -2.53. The molecule has 0 unspecified atom stereocenters. The molecule has 1 N–H and O–H groups in total. The molecule has 0 bridgehead atoms. The van der Waals surface area contributed by atoms with Gasteiger partial charge in [0.25, 0.3) is 5.91 Å². The van der Waals surface area contributed by atoms with Crippen molar-refractivity contribution in [3.8, 4) is 0 Å². The number of nitrogens with zero attached hydrogens (tertiary/aromatic N) is 1. The predicted molar refractivity (Wildman–Crippen MR) is 93.1 cm³/mol. The van der Waals surface area contributed by atoms with Gasteiger partial charge >= 0.3 is 0 Å². The van der Waals surface area contributed by atoms with E-state index in [1.54, 1.807) is 18.2 Å². The summed E-state index contributed by atoms with van der Waals surface area (Å²) in [4.78, 5) is 17.5. The lowest BCUT2D eigenvalue weighted by atomic mass is 10.0. The van der Waals surface area contributed by atoms with E-state index >= 15 is 0 Å². The van der Waals surface area contributed by atoms with Crippen LogP contribution in [-0.2, 0) is 12.8 Å². The number of carbonyl (C=O) groups excluding carboxylic acids is 1. The molecule has 0 saturated carbocycles. The number of hydrogen-bond donors (Lipinski definition) is 1. The van der Waals surface area contributed by atoms with Gasteiger partial charge in [0, 0.05) is 16.1 Å². The lowest BCUT2D eigenvalue weighted by Crippen LogP contribution is -2.17. The van der Waals surface area contributed by atoms with Gasteiger partial charge in [0.15, 0.2) is 0 Å². The minimum absolute atomic E-state index is 0.391. The van der Waals surface area contributed by atoms with Crippen molar-refractivity contribution in [3.63, 3.8) is 0 Å². The zero-order valence-electron chi connectivity index (χ0n) is 13.1. The number of benzene rings is 2. The van der Waals surface area contributed by atoms with Crippen molar-refractivity contribution in [1.29, 1.82) is 0 Å². The fraction of sp³-hybridized carbons (Fsp3) is 0.158. The molecule has 25 heavy (non-hydrogen) atoms. The smallest absolute Gasteiger partial charge is 0.256 e. The Bertz CT molecular complexity index is 1000. The largest absolute Gasteiger partial charge is 0.317 e. The number of aromatic nitrogens is 1. The number of halogens is 3. The van der Waals surface area contributed by atoms with E-state index in [9.17, 15) is 13.6 Å². The normalized spacial score (nSPS) is 13.1. The van der Waals surface area contributed by atoms with E-state index in [0.29, 0.717) is 27.9 Å². The molecule has 0 spiro atoms. The van der Waals surface area contributed by atoms with Gasteiger partial charge in [-0.2, -0.15) is 0 Å². The molecule has 0 saturated heterocycles. The van der Waals surface area contributed by atoms with Crippen molar-refractivity contribution in [2.75, 3.05) is 5.32 Å². The van der Waals surface area contributed by atoms with Gasteiger partial charge in [-0.3, -0.25) is 9.78 Å². The van der Waals surface area contributed by atoms with Gasteiger partial charge in [0.1, 0.15) is 17.3 Å². The van der Waals surface area contributed by atoms with Gasteiger partial charge in [-0.05, 0) is 55.2 Å². The number of fused-ring (bicyclic) bond motifs is 2. The number of aryl methyl sites for hydroxylation is 1. The van der Waals surface area contributed by atoms with Gasteiger partial charge in [0.05, 0.1) is 11.1 Å². The van der Waals surface area contributed by atoms with Crippen molar-refractivity contribution in [1.82, 2.24) is 4.98 Å². The van der Waals surface area contributed by atoms with Gasteiger partial charge < -0.3 is 5.32 Å². The van der Waals surface area contributed by atoms with E-state index in [-0.39, 0.29) is 0 Å². The zero-order valence-corrected chi connectivity index (χ0v) is 13.8. The first-order chi connectivity index (χ1) is 12.0. The Kier molecular flexibility index (Phi) is 3.88. The molecule has 4 rings (SSSR count). The summed E-state index contributed by atoms with van der Waals surface area (Å²) < 4.78 is 27.8.